The van der Waals surface area contributed by atoms with Gasteiger partial charge in [0.25, 0.3) is 5.91 Å². The van der Waals surface area contributed by atoms with Crippen LogP contribution in [0.4, 0.5) is 0 Å². The molecule has 0 saturated heterocycles. The Labute approximate surface area is 121 Å². The maximum Gasteiger partial charge on any atom is 0.326 e. The van der Waals surface area contributed by atoms with Crippen molar-refractivity contribution in [1.82, 2.24) is 19.5 Å². The van der Waals surface area contributed by atoms with Crippen LogP contribution in [-0.2, 0) is 4.79 Å². The first kappa shape index (κ1) is 13.5. The number of aryl methyl sites for hydroxylation is 1. The highest BCUT2D eigenvalue weighted by molar-refractivity contribution is 5.97. The van der Waals surface area contributed by atoms with Gasteiger partial charge in [-0.15, -0.1) is 10.2 Å². The Morgan fingerprint density at radius 1 is 1.38 bits per heavy atom. The first-order valence-corrected chi connectivity index (χ1v) is 6.86. The summed E-state index contributed by atoms with van der Waals surface area (Å²) in [6, 6.07) is 2.57. The number of rotatable bonds is 4. The van der Waals surface area contributed by atoms with Crippen molar-refractivity contribution >= 4 is 17.5 Å². The number of carboxylic acid groups (broad SMARTS) is 1. The van der Waals surface area contributed by atoms with Crippen molar-refractivity contribution in [3.8, 4) is 0 Å². The Morgan fingerprint density at radius 2 is 2.10 bits per heavy atom. The SMILES string of the molecule is Cc1nnc2ccc(C(=O)N(C3CC3)C(C)C(=O)O)cn12. The van der Waals surface area contributed by atoms with Gasteiger partial charge in [0, 0.05) is 12.2 Å². The molecule has 1 atom stereocenters. The highest BCUT2D eigenvalue weighted by Gasteiger charge is 2.38. The van der Waals surface area contributed by atoms with Crippen LogP contribution in [0.25, 0.3) is 5.65 Å². The molecule has 1 N–H and O–H groups in total. The van der Waals surface area contributed by atoms with Gasteiger partial charge in [-0.25, -0.2) is 4.79 Å². The number of carbonyl (C=O) groups excluding carboxylic acids is 1. The molecule has 7 heteroatoms. The van der Waals surface area contributed by atoms with Crippen LogP contribution < -0.4 is 0 Å². The highest BCUT2D eigenvalue weighted by atomic mass is 16.4. The molecule has 3 rings (SSSR count). The monoisotopic (exact) mass is 288 g/mol. The molecule has 0 aromatic carbocycles. The minimum absolute atomic E-state index is 0.0290. The van der Waals surface area contributed by atoms with Gasteiger partial charge in [-0.3, -0.25) is 9.20 Å². The second kappa shape index (κ2) is 4.83. The fourth-order valence-corrected chi connectivity index (χ4v) is 2.41. The van der Waals surface area contributed by atoms with Crippen LogP contribution >= 0.6 is 0 Å². The molecule has 21 heavy (non-hydrogen) atoms. The molecule has 2 aromatic rings. The Balaban J connectivity index is 1.97. The standard InChI is InChI=1S/C14H16N4O3/c1-8(14(20)21)18(11-4-5-11)13(19)10-3-6-12-16-15-9(2)17(12)7-10/h3,6-8,11H,4-5H2,1-2H3,(H,20,21). The van der Waals surface area contributed by atoms with Gasteiger partial charge in [0.05, 0.1) is 5.56 Å². The third-order valence-electron chi connectivity index (χ3n) is 3.77. The minimum Gasteiger partial charge on any atom is -0.480 e. The predicted octanol–water partition coefficient (Wildman–Crippen LogP) is 1.12. The third-order valence-corrected chi connectivity index (χ3v) is 3.77. The van der Waals surface area contributed by atoms with E-state index >= 15 is 0 Å². The van der Waals surface area contributed by atoms with Crippen molar-refractivity contribution in [2.45, 2.75) is 38.8 Å². The van der Waals surface area contributed by atoms with Gasteiger partial charge in [-0.05, 0) is 38.8 Å². The van der Waals surface area contributed by atoms with E-state index in [1.165, 1.54) is 4.90 Å². The molecule has 1 aliphatic rings. The summed E-state index contributed by atoms with van der Waals surface area (Å²) in [5, 5.41) is 17.1. The summed E-state index contributed by atoms with van der Waals surface area (Å²) in [6.45, 7) is 3.34. The number of amides is 1. The molecule has 2 aromatic heterocycles. The quantitative estimate of drug-likeness (QED) is 0.910. The van der Waals surface area contributed by atoms with E-state index in [0.717, 1.165) is 12.8 Å². The number of fused-ring (bicyclic) bond motifs is 1. The van der Waals surface area contributed by atoms with Crippen molar-refractivity contribution in [3.63, 3.8) is 0 Å². The van der Waals surface area contributed by atoms with Gasteiger partial charge in [-0.2, -0.15) is 0 Å². The molecule has 1 amide bonds. The lowest BCUT2D eigenvalue weighted by atomic mass is 10.2. The summed E-state index contributed by atoms with van der Waals surface area (Å²) < 4.78 is 1.73. The van der Waals surface area contributed by atoms with Crippen LogP contribution in [-0.4, -0.2) is 48.6 Å². The summed E-state index contributed by atoms with van der Waals surface area (Å²) >= 11 is 0. The largest absolute Gasteiger partial charge is 0.480 e. The first-order valence-electron chi connectivity index (χ1n) is 6.86. The Bertz CT molecular complexity index is 720. The lowest BCUT2D eigenvalue weighted by Gasteiger charge is -2.26. The number of pyridine rings is 1. The van der Waals surface area contributed by atoms with E-state index in [9.17, 15) is 14.7 Å². The summed E-state index contributed by atoms with van der Waals surface area (Å²) in [4.78, 5) is 25.3. The smallest absolute Gasteiger partial charge is 0.326 e. The molecule has 1 saturated carbocycles. The first-order chi connectivity index (χ1) is 9.99. The molecule has 1 unspecified atom stereocenters. The molecule has 0 radical (unpaired) electrons. The molecular formula is C14H16N4O3. The number of aromatic nitrogens is 3. The Hall–Kier alpha value is -2.44. The zero-order valence-electron chi connectivity index (χ0n) is 11.9. The number of nitrogens with zero attached hydrogens (tertiary/aromatic N) is 4. The van der Waals surface area contributed by atoms with E-state index in [4.69, 9.17) is 0 Å². The molecule has 1 fully saturated rings. The van der Waals surface area contributed by atoms with Crippen molar-refractivity contribution in [3.05, 3.63) is 29.7 Å². The number of aliphatic carboxylic acids is 1. The van der Waals surface area contributed by atoms with E-state index in [-0.39, 0.29) is 11.9 Å². The van der Waals surface area contributed by atoms with Crippen molar-refractivity contribution < 1.29 is 14.7 Å². The molecule has 2 heterocycles. The minimum atomic E-state index is -0.989. The second-order valence-electron chi connectivity index (χ2n) is 5.35. The zero-order valence-corrected chi connectivity index (χ0v) is 11.9. The molecule has 110 valence electrons. The zero-order chi connectivity index (χ0) is 15.1. The number of hydrogen-bond acceptors (Lipinski definition) is 4. The van der Waals surface area contributed by atoms with Gasteiger partial charge in [0.15, 0.2) is 5.65 Å². The van der Waals surface area contributed by atoms with Gasteiger partial charge in [0.1, 0.15) is 11.9 Å². The number of hydrogen-bond donors (Lipinski definition) is 1. The van der Waals surface area contributed by atoms with E-state index in [1.807, 2.05) is 0 Å². The van der Waals surface area contributed by atoms with E-state index in [0.29, 0.717) is 17.0 Å². The summed E-state index contributed by atoms with van der Waals surface area (Å²) in [5.74, 6) is -0.567. The van der Waals surface area contributed by atoms with E-state index in [1.54, 1.807) is 36.6 Å². The van der Waals surface area contributed by atoms with Crippen LogP contribution in [0.3, 0.4) is 0 Å². The molecule has 0 spiro atoms. The van der Waals surface area contributed by atoms with Crippen molar-refractivity contribution in [2.75, 3.05) is 0 Å². The fraction of sp³-hybridized carbons (Fsp3) is 0.429. The lowest BCUT2D eigenvalue weighted by molar-refractivity contribution is -0.141. The predicted molar refractivity (Wildman–Crippen MR) is 74.0 cm³/mol. The molecule has 0 aliphatic heterocycles. The van der Waals surface area contributed by atoms with E-state index < -0.39 is 12.0 Å². The topological polar surface area (TPSA) is 87.8 Å². The second-order valence-corrected chi connectivity index (χ2v) is 5.35. The van der Waals surface area contributed by atoms with E-state index in [2.05, 4.69) is 10.2 Å². The van der Waals surface area contributed by atoms with Crippen LogP contribution in [0.15, 0.2) is 18.3 Å². The fourth-order valence-electron chi connectivity index (χ4n) is 2.41. The van der Waals surface area contributed by atoms with Gasteiger partial charge >= 0.3 is 5.97 Å². The van der Waals surface area contributed by atoms with Crippen molar-refractivity contribution in [1.29, 1.82) is 0 Å². The maximum absolute atomic E-state index is 12.7. The van der Waals surface area contributed by atoms with Crippen LogP contribution in [0.1, 0.15) is 35.9 Å². The Morgan fingerprint density at radius 3 is 2.71 bits per heavy atom. The maximum atomic E-state index is 12.7. The summed E-state index contributed by atoms with van der Waals surface area (Å²) in [6.07, 6.45) is 3.38. The normalized spacial score (nSPS) is 15.9. The van der Waals surface area contributed by atoms with Crippen LogP contribution in [0.5, 0.6) is 0 Å². The van der Waals surface area contributed by atoms with Gasteiger partial charge in [0.2, 0.25) is 0 Å². The highest BCUT2D eigenvalue weighted by Crippen LogP contribution is 2.30. The van der Waals surface area contributed by atoms with Crippen LogP contribution in [0.2, 0.25) is 0 Å². The lowest BCUT2D eigenvalue weighted by Crippen LogP contribution is -2.44. The van der Waals surface area contributed by atoms with Gasteiger partial charge in [-0.1, -0.05) is 0 Å². The average molecular weight is 288 g/mol. The summed E-state index contributed by atoms with van der Waals surface area (Å²) in [5.41, 5.74) is 1.11. The summed E-state index contributed by atoms with van der Waals surface area (Å²) in [7, 11) is 0. The molecule has 0 bridgehead atoms. The Kier molecular flexibility index (Phi) is 3.12. The average Bonchev–Trinajstić information content (AvgIpc) is 3.22. The molecular weight excluding hydrogens is 272 g/mol. The number of carbonyl (C=O) groups is 2. The number of carboxylic acids is 1. The third kappa shape index (κ3) is 2.35. The van der Waals surface area contributed by atoms with Gasteiger partial charge < -0.3 is 10.0 Å². The molecule has 7 nitrogen and oxygen atoms in total. The molecule has 1 aliphatic carbocycles. The van der Waals surface area contributed by atoms with Crippen molar-refractivity contribution in [2.24, 2.45) is 0 Å². The van der Waals surface area contributed by atoms with Crippen LogP contribution in [0, 0.1) is 6.92 Å².